The van der Waals surface area contributed by atoms with Crippen molar-refractivity contribution in [3.8, 4) is 0 Å². The predicted octanol–water partition coefficient (Wildman–Crippen LogP) is 0.283. The Balaban J connectivity index is 3.16. The average molecular weight is 255 g/mol. The number of aliphatic hydroxyl groups excluding tert-OH is 1. The topological polar surface area (TPSA) is 117 Å². The fourth-order valence-corrected chi connectivity index (χ4v) is 1.84. The number of carbonyl (C=O) groups is 3. The third kappa shape index (κ3) is 3.17. The van der Waals surface area contributed by atoms with Gasteiger partial charge in [-0.25, -0.2) is 0 Å². The second-order valence-corrected chi connectivity index (χ2v) is 3.75. The summed E-state index contributed by atoms with van der Waals surface area (Å²) in [6.07, 6.45) is -0.375. The molecule has 18 heavy (non-hydrogen) atoms. The predicted molar refractivity (Wildman–Crippen MR) is 59.3 cm³/mol. The van der Waals surface area contributed by atoms with Gasteiger partial charge in [0.05, 0.1) is 31.2 Å². The van der Waals surface area contributed by atoms with Gasteiger partial charge in [-0.1, -0.05) is 0 Å². The molecule has 1 aromatic heterocycles. The van der Waals surface area contributed by atoms with Gasteiger partial charge in [0.1, 0.15) is 0 Å². The molecule has 0 atom stereocenters. The van der Waals surface area contributed by atoms with Gasteiger partial charge in [0, 0.05) is 5.69 Å². The number of hydrogen-bond acceptors (Lipinski definition) is 4. The van der Waals surface area contributed by atoms with Crippen molar-refractivity contribution in [2.75, 3.05) is 0 Å². The van der Waals surface area contributed by atoms with E-state index in [0.717, 1.165) is 0 Å². The molecule has 0 aromatic carbocycles. The number of aliphatic carboxylic acids is 2. The lowest BCUT2D eigenvalue weighted by molar-refractivity contribution is -0.140. The average Bonchev–Trinajstić information content (AvgIpc) is 2.69. The van der Waals surface area contributed by atoms with Crippen molar-refractivity contribution in [2.24, 2.45) is 0 Å². The summed E-state index contributed by atoms with van der Waals surface area (Å²) < 4.78 is 1.26. The molecular weight excluding hydrogens is 242 g/mol. The number of carboxylic acid groups (broad SMARTS) is 2. The van der Waals surface area contributed by atoms with Gasteiger partial charge in [-0.2, -0.15) is 0 Å². The summed E-state index contributed by atoms with van der Waals surface area (Å²) in [5, 5.41) is 26.6. The van der Waals surface area contributed by atoms with Crippen LogP contribution in [0.25, 0.3) is 0 Å². The molecule has 1 heterocycles. The van der Waals surface area contributed by atoms with Crippen molar-refractivity contribution in [1.82, 2.24) is 4.57 Å². The van der Waals surface area contributed by atoms with Crippen LogP contribution in [-0.2, 0) is 16.2 Å². The lowest BCUT2D eigenvalue weighted by atomic mass is 10.1. The van der Waals surface area contributed by atoms with Crippen LogP contribution < -0.4 is 0 Å². The van der Waals surface area contributed by atoms with Crippen LogP contribution in [0.3, 0.4) is 0 Å². The van der Waals surface area contributed by atoms with Crippen molar-refractivity contribution in [3.05, 3.63) is 23.5 Å². The van der Waals surface area contributed by atoms with E-state index in [0.29, 0.717) is 12.0 Å². The van der Waals surface area contributed by atoms with E-state index in [2.05, 4.69) is 0 Å². The first kappa shape index (κ1) is 13.9. The molecule has 98 valence electrons. The minimum absolute atomic E-state index is 0.145. The molecule has 7 heteroatoms. The highest BCUT2D eigenvalue weighted by molar-refractivity contribution is 5.75. The van der Waals surface area contributed by atoms with Gasteiger partial charge in [0.25, 0.3) is 0 Å². The van der Waals surface area contributed by atoms with Crippen LogP contribution in [0.2, 0.25) is 0 Å². The van der Waals surface area contributed by atoms with E-state index in [1.54, 1.807) is 0 Å². The molecule has 0 radical (unpaired) electrons. The molecule has 7 nitrogen and oxygen atoms in total. The maximum absolute atomic E-state index is 10.8. The molecule has 0 saturated heterocycles. The molecule has 1 rings (SSSR count). The van der Waals surface area contributed by atoms with Gasteiger partial charge >= 0.3 is 11.9 Å². The van der Waals surface area contributed by atoms with Crippen LogP contribution in [0.1, 0.15) is 35.1 Å². The standard InChI is InChI=1S/C11H13NO6/c13-5-7-1-2-8(6-14)12(7)9(3-10(15)16)4-11(17)18/h1-2,5,9,14H,3-4,6H2,(H,15,16)(H,17,18). The number of hydrogen-bond donors (Lipinski definition) is 3. The van der Waals surface area contributed by atoms with E-state index in [4.69, 9.17) is 15.3 Å². The van der Waals surface area contributed by atoms with E-state index >= 15 is 0 Å². The minimum atomic E-state index is -1.17. The van der Waals surface area contributed by atoms with Crippen LogP contribution in [0.5, 0.6) is 0 Å². The van der Waals surface area contributed by atoms with E-state index in [1.807, 2.05) is 0 Å². The molecule has 0 bridgehead atoms. The van der Waals surface area contributed by atoms with Crippen LogP contribution in [0, 0.1) is 0 Å². The first-order valence-electron chi connectivity index (χ1n) is 5.19. The van der Waals surface area contributed by atoms with Crippen molar-refractivity contribution >= 4 is 18.2 Å². The van der Waals surface area contributed by atoms with Gasteiger partial charge in [0.15, 0.2) is 6.29 Å². The molecule has 0 aliphatic heterocycles. The highest BCUT2D eigenvalue weighted by atomic mass is 16.4. The molecule has 0 aliphatic rings. The molecule has 3 N–H and O–H groups in total. The van der Waals surface area contributed by atoms with E-state index < -0.39 is 37.4 Å². The normalized spacial score (nSPS) is 10.6. The lowest BCUT2D eigenvalue weighted by Crippen LogP contribution is -2.21. The zero-order valence-corrected chi connectivity index (χ0v) is 9.44. The van der Waals surface area contributed by atoms with Crippen LogP contribution in [0.4, 0.5) is 0 Å². The molecular formula is C11H13NO6. The number of aromatic nitrogens is 1. The maximum atomic E-state index is 10.8. The Morgan fingerprint density at radius 1 is 1.22 bits per heavy atom. The Labute approximate surface area is 102 Å². The minimum Gasteiger partial charge on any atom is -0.481 e. The third-order valence-electron chi connectivity index (χ3n) is 2.50. The van der Waals surface area contributed by atoms with Crippen molar-refractivity contribution in [1.29, 1.82) is 0 Å². The van der Waals surface area contributed by atoms with Crippen molar-refractivity contribution in [3.63, 3.8) is 0 Å². The van der Waals surface area contributed by atoms with E-state index in [9.17, 15) is 14.4 Å². The highest BCUT2D eigenvalue weighted by Crippen LogP contribution is 2.22. The lowest BCUT2D eigenvalue weighted by Gasteiger charge is -2.19. The van der Waals surface area contributed by atoms with E-state index in [-0.39, 0.29) is 5.69 Å². The van der Waals surface area contributed by atoms with Gasteiger partial charge in [0.2, 0.25) is 0 Å². The van der Waals surface area contributed by atoms with E-state index in [1.165, 1.54) is 16.7 Å². The summed E-state index contributed by atoms with van der Waals surface area (Å²) in [5.41, 5.74) is 0.455. The molecule has 0 saturated carbocycles. The quantitative estimate of drug-likeness (QED) is 0.602. The smallest absolute Gasteiger partial charge is 0.305 e. The Hall–Kier alpha value is -2.15. The molecule has 0 aliphatic carbocycles. The number of carbonyl (C=O) groups excluding carboxylic acids is 1. The molecule has 1 aromatic rings. The third-order valence-corrected chi connectivity index (χ3v) is 2.50. The van der Waals surface area contributed by atoms with Crippen molar-refractivity contribution in [2.45, 2.75) is 25.5 Å². The number of aliphatic hydroxyl groups is 1. The van der Waals surface area contributed by atoms with Crippen molar-refractivity contribution < 1.29 is 29.7 Å². The summed E-state index contributed by atoms with van der Waals surface area (Å²) in [4.78, 5) is 32.3. The molecule has 0 amide bonds. The van der Waals surface area contributed by atoms with Crippen LogP contribution in [-0.4, -0.2) is 38.1 Å². The van der Waals surface area contributed by atoms with Crippen LogP contribution >= 0.6 is 0 Å². The molecule has 0 unspecified atom stereocenters. The zero-order chi connectivity index (χ0) is 13.7. The first-order valence-corrected chi connectivity index (χ1v) is 5.19. The van der Waals surface area contributed by atoms with Gasteiger partial charge in [-0.3, -0.25) is 14.4 Å². The number of rotatable bonds is 7. The fourth-order valence-electron chi connectivity index (χ4n) is 1.84. The second-order valence-electron chi connectivity index (χ2n) is 3.75. The number of nitrogens with zero attached hydrogens (tertiary/aromatic N) is 1. The Kier molecular flexibility index (Phi) is 4.61. The van der Waals surface area contributed by atoms with Gasteiger partial charge < -0.3 is 19.9 Å². The second kappa shape index (κ2) is 5.97. The van der Waals surface area contributed by atoms with Gasteiger partial charge in [-0.05, 0) is 12.1 Å². The monoisotopic (exact) mass is 255 g/mol. The Morgan fingerprint density at radius 3 is 2.17 bits per heavy atom. The molecule has 0 fully saturated rings. The highest BCUT2D eigenvalue weighted by Gasteiger charge is 2.22. The summed E-state index contributed by atoms with van der Waals surface area (Å²) in [7, 11) is 0. The first-order chi connectivity index (χ1) is 8.49. The summed E-state index contributed by atoms with van der Waals surface area (Å²) in [6, 6.07) is 1.97. The number of aldehydes is 1. The fraction of sp³-hybridized carbons (Fsp3) is 0.364. The Morgan fingerprint density at radius 2 is 1.78 bits per heavy atom. The van der Waals surface area contributed by atoms with Crippen LogP contribution in [0.15, 0.2) is 12.1 Å². The zero-order valence-electron chi connectivity index (χ0n) is 9.44. The summed E-state index contributed by atoms with van der Waals surface area (Å²) in [5.74, 6) is -2.34. The van der Waals surface area contributed by atoms with Gasteiger partial charge in [-0.15, -0.1) is 0 Å². The summed E-state index contributed by atoms with van der Waals surface area (Å²) >= 11 is 0. The Bertz CT molecular complexity index is 448. The summed E-state index contributed by atoms with van der Waals surface area (Å²) in [6.45, 7) is -0.399. The maximum Gasteiger partial charge on any atom is 0.305 e. The molecule has 0 spiro atoms. The SMILES string of the molecule is O=Cc1ccc(CO)n1C(CC(=O)O)CC(=O)O. The largest absolute Gasteiger partial charge is 0.481 e. The number of carboxylic acids is 2.